The Labute approximate surface area is 105 Å². The summed E-state index contributed by atoms with van der Waals surface area (Å²) in [6, 6.07) is 0. The van der Waals surface area contributed by atoms with Gasteiger partial charge >= 0.3 is 0 Å². The number of piperazine rings is 1. The van der Waals surface area contributed by atoms with Crippen LogP contribution in [0.1, 0.15) is 19.3 Å². The van der Waals surface area contributed by atoms with Gasteiger partial charge in [0.2, 0.25) is 0 Å². The van der Waals surface area contributed by atoms with Crippen LogP contribution in [0.2, 0.25) is 0 Å². The Kier molecular flexibility index (Phi) is 4.42. The highest BCUT2D eigenvalue weighted by Crippen LogP contribution is 2.24. The van der Waals surface area contributed by atoms with Crippen LogP contribution < -0.4 is 5.32 Å². The molecular weight excluding hydrogens is 214 g/mol. The van der Waals surface area contributed by atoms with Crippen LogP contribution >= 0.6 is 0 Å². The number of nitrogens with one attached hydrogen (secondary N) is 1. The minimum Gasteiger partial charge on any atom is -0.396 e. The first-order valence-corrected chi connectivity index (χ1v) is 7.03. The van der Waals surface area contributed by atoms with E-state index < -0.39 is 0 Å². The molecule has 0 amide bonds. The Balaban J connectivity index is 1.91. The molecule has 2 aliphatic rings. The van der Waals surface area contributed by atoms with Gasteiger partial charge in [0, 0.05) is 19.7 Å². The molecule has 0 bridgehead atoms. The molecule has 0 radical (unpaired) electrons. The quantitative estimate of drug-likeness (QED) is 0.688. The van der Waals surface area contributed by atoms with Crippen molar-refractivity contribution < 1.29 is 9.59 Å². The summed E-state index contributed by atoms with van der Waals surface area (Å²) in [6.07, 6.45) is 3.99. The summed E-state index contributed by atoms with van der Waals surface area (Å²) >= 11 is 0. The lowest BCUT2D eigenvalue weighted by atomic mass is 9.91. The van der Waals surface area contributed by atoms with Crippen LogP contribution in [0.25, 0.3) is 0 Å². The van der Waals surface area contributed by atoms with Gasteiger partial charge in [-0.3, -0.25) is 4.90 Å². The second-order valence-corrected chi connectivity index (χ2v) is 6.23. The predicted molar refractivity (Wildman–Crippen MR) is 69.6 cm³/mol. The normalized spacial score (nSPS) is 34.8. The van der Waals surface area contributed by atoms with Crippen molar-refractivity contribution in [3.63, 3.8) is 0 Å². The number of quaternary nitrogens is 1. The maximum absolute atomic E-state index is 9.17. The van der Waals surface area contributed by atoms with Crippen LogP contribution in [-0.4, -0.2) is 74.1 Å². The van der Waals surface area contributed by atoms with Crippen molar-refractivity contribution in [1.29, 1.82) is 0 Å². The Morgan fingerprint density at radius 1 is 1.29 bits per heavy atom. The van der Waals surface area contributed by atoms with Crippen LogP contribution in [0.5, 0.6) is 0 Å². The standard InChI is InChI=1S/C13H28N3O/c1-16(2)9-7-15(8-10-16)13-12(5-11-17)4-3-6-14-13/h12-14,17H,3-11H2,1-2H3/q+1. The fraction of sp³-hybridized carbons (Fsp3) is 1.00. The second-order valence-electron chi connectivity index (χ2n) is 6.23. The van der Waals surface area contributed by atoms with E-state index in [9.17, 15) is 0 Å². The second kappa shape index (κ2) is 5.65. The zero-order chi connectivity index (χ0) is 12.3. The van der Waals surface area contributed by atoms with Crippen molar-refractivity contribution in [2.24, 2.45) is 5.92 Å². The Morgan fingerprint density at radius 3 is 2.65 bits per heavy atom. The molecule has 0 aliphatic carbocycles. The highest BCUT2D eigenvalue weighted by atomic mass is 16.3. The van der Waals surface area contributed by atoms with Crippen LogP contribution in [0, 0.1) is 5.92 Å². The lowest BCUT2D eigenvalue weighted by Crippen LogP contribution is -2.62. The van der Waals surface area contributed by atoms with Gasteiger partial charge < -0.3 is 14.9 Å². The topological polar surface area (TPSA) is 35.5 Å². The van der Waals surface area contributed by atoms with Gasteiger partial charge in [0.15, 0.2) is 0 Å². The van der Waals surface area contributed by atoms with Crippen molar-refractivity contribution in [3.05, 3.63) is 0 Å². The van der Waals surface area contributed by atoms with E-state index in [4.69, 9.17) is 5.11 Å². The summed E-state index contributed by atoms with van der Waals surface area (Å²) in [5.41, 5.74) is 0. The third-order valence-corrected chi connectivity index (χ3v) is 4.43. The number of piperidine rings is 1. The first-order chi connectivity index (χ1) is 8.12. The molecule has 2 N–H and O–H groups in total. The minimum absolute atomic E-state index is 0.332. The number of rotatable bonds is 3. The zero-order valence-electron chi connectivity index (χ0n) is 11.4. The maximum Gasteiger partial charge on any atom is 0.0912 e. The number of aliphatic hydroxyl groups excluding tert-OH is 1. The van der Waals surface area contributed by atoms with E-state index in [2.05, 4.69) is 24.3 Å². The SMILES string of the molecule is C[N+]1(C)CCN(C2NCCCC2CCO)CC1. The molecule has 0 saturated carbocycles. The molecule has 2 atom stereocenters. The molecule has 0 spiro atoms. The van der Waals surface area contributed by atoms with Crippen LogP contribution in [0.15, 0.2) is 0 Å². The largest absolute Gasteiger partial charge is 0.396 e. The van der Waals surface area contributed by atoms with Crippen molar-refractivity contribution >= 4 is 0 Å². The molecule has 4 nitrogen and oxygen atoms in total. The van der Waals surface area contributed by atoms with E-state index in [1.807, 2.05) is 0 Å². The Hall–Kier alpha value is -0.160. The van der Waals surface area contributed by atoms with Crippen molar-refractivity contribution in [3.8, 4) is 0 Å². The lowest BCUT2D eigenvalue weighted by molar-refractivity contribution is -0.894. The molecule has 17 heavy (non-hydrogen) atoms. The summed E-state index contributed by atoms with van der Waals surface area (Å²) < 4.78 is 1.15. The van der Waals surface area contributed by atoms with Crippen molar-refractivity contribution in [1.82, 2.24) is 10.2 Å². The maximum atomic E-state index is 9.17. The molecule has 100 valence electrons. The fourth-order valence-corrected chi connectivity index (χ4v) is 3.13. The van der Waals surface area contributed by atoms with Gasteiger partial charge in [-0.05, 0) is 31.7 Å². The number of nitrogens with zero attached hydrogens (tertiary/aromatic N) is 2. The summed E-state index contributed by atoms with van der Waals surface area (Å²) in [6.45, 7) is 6.33. The molecule has 0 aromatic carbocycles. The highest BCUT2D eigenvalue weighted by Gasteiger charge is 2.34. The van der Waals surface area contributed by atoms with Gasteiger partial charge in [0.1, 0.15) is 0 Å². The van der Waals surface area contributed by atoms with E-state index in [1.165, 1.54) is 39.0 Å². The first kappa shape index (κ1) is 13.3. The summed E-state index contributed by atoms with van der Waals surface area (Å²) in [7, 11) is 4.63. The molecular formula is C13H28N3O+. The third kappa shape index (κ3) is 3.41. The smallest absolute Gasteiger partial charge is 0.0912 e. The molecule has 2 saturated heterocycles. The predicted octanol–water partition coefficient (Wildman–Crippen LogP) is 0.0865. The average Bonchev–Trinajstić information content (AvgIpc) is 2.31. The van der Waals surface area contributed by atoms with Crippen LogP contribution in [-0.2, 0) is 0 Å². The summed E-state index contributed by atoms with van der Waals surface area (Å²) in [5, 5.41) is 12.8. The summed E-state index contributed by atoms with van der Waals surface area (Å²) in [4.78, 5) is 2.60. The molecule has 2 heterocycles. The molecule has 0 aromatic rings. The van der Waals surface area contributed by atoms with Gasteiger partial charge in [-0.15, -0.1) is 0 Å². The van der Waals surface area contributed by atoms with Crippen molar-refractivity contribution in [2.75, 3.05) is 53.4 Å². The molecule has 2 fully saturated rings. The number of hydrogen-bond donors (Lipinski definition) is 2. The van der Waals surface area contributed by atoms with Gasteiger partial charge in [-0.1, -0.05) is 0 Å². The van der Waals surface area contributed by atoms with Gasteiger partial charge in [-0.25, -0.2) is 0 Å². The van der Waals surface area contributed by atoms with Crippen molar-refractivity contribution in [2.45, 2.75) is 25.4 Å². The van der Waals surface area contributed by atoms with E-state index in [0.29, 0.717) is 18.7 Å². The summed E-state index contributed by atoms with van der Waals surface area (Å²) in [5.74, 6) is 0.641. The number of likely N-dealkylation sites (N-methyl/N-ethyl adjacent to an activating group) is 1. The van der Waals surface area contributed by atoms with Crippen LogP contribution in [0.3, 0.4) is 0 Å². The van der Waals surface area contributed by atoms with E-state index in [1.54, 1.807) is 0 Å². The molecule has 2 aliphatic heterocycles. The molecule has 2 rings (SSSR count). The molecule has 4 heteroatoms. The Bertz CT molecular complexity index is 233. The highest BCUT2D eigenvalue weighted by molar-refractivity contribution is 4.82. The Morgan fingerprint density at radius 2 is 2.00 bits per heavy atom. The average molecular weight is 242 g/mol. The molecule has 0 aromatic heterocycles. The van der Waals surface area contributed by atoms with Crippen LogP contribution in [0.4, 0.5) is 0 Å². The lowest BCUT2D eigenvalue weighted by Gasteiger charge is -2.46. The monoisotopic (exact) mass is 242 g/mol. The van der Waals surface area contributed by atoms with Gasteiger partial charge in [0.25, 0.3) is 0 Å². The molecule has 2 unspecified atom stereocenters. The number of hydrogen-bond acceptors (Lipinski definition) is 3. The zero-order valence-corrected chi connectivity index (χ0v) is 11.4. The fourth-order valence-electron chi connectivity index (χ4n) is 3.13. The van der Waals surface area contributed by atoms with Gasteiger partial charge in [-0.2, -0.15) is 0 Å². The van der Waals surface area contributed by atoms with E-state index in [-0.39, 0.29) is 0 Å². The van der Waals surface area contributed by atoms with Gasteiger partial charge in [0.05, 0.1) is 33.4 Å². The minimum atomic E-state index is 0.332. The third-order valence-electron chi connectivity index (χ3n) is 4.43. The van der Waals surface area contributed by atoms with E-state index in [0.717, 1.165) is 17.4 Å². The van der Waals surface area contributed by atoms with E-state index >= 15 is 0 Å². The first-order valence-electron chi connectivity index (χ1n) is 7.03. The number of aliphatic hydroxyl groups is 1.